The summed E-state index contributed by atoms with van der Waals surface area (Å²) >= 11 is 0. The van der Waals surface area contributed by atoms with Crippen molar-refractivity contribution in [2.24, 2.45) is 0 Å². The Labute approximate surface area is 75.9 Å². The number of hydrogen-bond donors (Lipinski definition) is 1. The van der Waals surface area contributed by atoms with E-state index in [0.29, 0.717) is 6.04 Å². The van der Waals surface area contributed by atoms with Crippen LogP contribution in [0.3, 0.4) is 0 Å². The van der Waals surface area contributed by atoms with Crippen molar-refractivity contribution in [1.29, 1.82) is 0 Å². The summed E-state index contributed by atoms with van der Waals surface area (Å²) in [6, 6.07) is 0.511. The summed E-state index contributed by atoms with van der Waals surface area (Å²) in [5.41, 5.74) is 1.21. The Balaban J connectivity index is 3.70. The molecular formula is C10H21NO. The van der Waals surface area contributed by atoms with Gasteiger partial charge < -0.3 is 5.11 Å². The highest BCUT2D eigenvalue weighted by Gasteiger charge is 2.07. The van der Waals surface area contributed by atoms with E-state index < -0.39 is 0 Å². The van der Waals surface area contributed by atoms with Crippen molar-refractivity contribution in [3.8, 4) is 0 Å². The molecule has 0 saturated heterocycles. The van der Waals surface area contributed by atoms with Gasteiger partial charge >= 0.3 is 0 Å². The summed E-state index contributed by atoms with van der Waals surface area (Å²) in [6.07, 6.45) is 1.03. The molecule has 0 heterocycles. The fraction of sp³-hybridized carbons (Fsp3) is 0.800. The Morgan fingerprint density at radius 1 is 1.42 bits per heavy atom. The van der Waals surface area contributed by atoms with Crippen molar-refractivity contribution < 1.29 is 5.11 Å². The molecule has 0 radical (unpaired) electrons. The van der Waals surface area contributed by atoms with Crippen molar-refractivity contribution in [1.82, 2.24) is 4.90 Å². The van der Waals surface area contributed by atoms with Crippen LogP contribution in [0.4, 0.5) is 0 Å². The van der Waals surface area contributed by atoms with Gasteiger partial charge in [0.15, 0.2) is 0 Å². The Hall–Kier alpha value is -0.340. The molecule has 1 N–H and O–H groups in total. The number of nitrogens with zero attached hydrogens (tertiary/aromatic N) is 1. The Kier molecular flexibility index (Phi) is 6.03. The summed E-state index contributed by atoms with van der Waals surface area (Å²) in [5, 5.41) is 8.79. The van der Waals surface area contributed by atoms with E-state index in [0.717, 1.165) is 19.5 Å². The number of aliphatic hydroxyl groups excluding tert-OH is 1. The van der Waals surface area contributed by atoms with E-state index in [1.165, 1.54) is 5.57 Å². The SMILES string of the molecule is C=C(C)CCN(CCO)C(C)C. The van der Waals surface area contributed by atoms with E-state index in [1.54, 1.807) is 0 Å². The molecule has 0 aliphatic rings. The first-order valence-electron chi connectivity index (χ1n) is 4.57. The fourth-order valence-electron chi connectivity index (χ4n) is 1.09. The van der Waals surface area contributed by atoms with E-state index in [2.05, 4.69) is 25.3 Å². The summed E-state index contributed by atoms with van der Waals surface area (Å²) in [6.45, 7) is 12.2. The van der Waals surface area contributed by atoms with Crippen LogP contribution in [0.1, 0.15) is 27.2 Å². The molecule has 2 nitrogen and oxygen atoms in total. The minimum Gasteiger partial charge on any atom is -0.395 e. The molecule has 0 aliphatic carbocycles. The van der Waals surface area contributed by atoms with E-state index in [-0.39, 0.29) is 6.61 Å². The maximum Gasteiger partial charge on any atom is 0.0558 e. The van der Waals surface area contributed by atoms with Crippen molar-refractivity contribution in [3.63, 3.8) is 0 Å². The second-order valence-corrected chi connectivity index (χ2v) is 3.56. The highest BCUT2D eigenvalue weighted by atomic mass is 16.3. The molecule has 0 atom stereocenters. The third-order valence-electron chi connectivity index (χ3n) is 1.94. The van der Waals surface area contributed by atoms with Crippen molar-refractivity contribution in [2.75, 3.05) is 19.7 Å². The molecule has 0 aromatic rings. The predicted molar refractivity (Wildman–Crippen MR) is 53.2 cm³/mol. The van der Waals surface area contributed by atoms with Gasteiger partial charge in [0, 0.05) is 19.1 Å². The first kappa shape index (κ1) is 11.7. The van der Waals surface area contributed by atoms with Gasteiger partial charge in [-0.25, -0.2) is 0 Å². The molecule has 0 bridgehead atoms. The number of rotatable bonds is 6. The zero-order valence-corrected chi connectivity index (χ0v) is 8.51. The number of aliphatic hydroxyl groups is 1. The monoisotopic (exact) mass is 171 g/mol. The van der Waals surface area contributed by atoms with E-state index in [1.807, 2.05) is 6.92 Å². The summed E-state index contributed by atoms with van der Waals surface area (Å²) in [4.78, 5) is 2.26. The van der Waals surface area contributed by atoms with E-state index in [4.69, 9.17) is 5.11 Å². The lowest BCUT2D eigenvalue weighted by atomic mass is 10.2. The predicted octanol–water partition coefficient (Wildman–Crippen LogP) is 1.66. The Morgan fingerprint density at radius 2 is 2.00 bits per heavy atom. The normalized spacial score (nSPS) is 11.2. The van der Waals surface area contributed by atoms with Gasteiger partial charge in [0.2, 0.25) is 0 Å². The van der Waals surface area contributed by atoms with Gasteiger partial charge in [-0.1, -0.05) is 5.57 Å². The van der Waals surface area contributed by atoms with Crippen LogP contribution < -0.4 is 0 Å². The van der Waals surface area contributed by atoms with Crippen molar-refractivity contribution in [2.45, 2.75) is 33.2 Å². The van der Waals surface area contributed by atoms with Crippen LogP contribution >= 0.6 is 0 Å². The van der Waals surface area contributed by atoms with Crippen LogP contribution in [0.2, 0.25) is 0 Å². The van der Waals surface area contributed by atoms with Crippen LogP contribution in [-0.2, 0) is 0 Å². The summed E-state index contributed by atoms with van der Waals surface area (Å²) in [7, 11) is 0. The Morgan fingerprint density at radius 3 is 2.33 bits per heavy atom. The van der Waals surface area contributed by atoms with E-state index in [9.17, 15) is 0 Å². The van der Waals surface area contributed by atoms with Crippen LogP contribution in [0.15, 0.2) is 12.2 Å². The van der Waals surface area contributed by atoms with Crippen molar-refractivity contribution in [3.05, 3.63) is 12.2 Å². The van der Waals surface area contributed by atoms with Gasteiger partial charge in [0.05, 0.1) is 6.61 Å². The van der Waals surface area contributed by atoms with Crippen LogP contribution in [-0.4, -0.2) is 35.7 Å². The zero-order valence-electron chi connectivity index (χ0n) is 8.51. The maximum atomic E-state index is 8.79. The molecule has 72 valence electrons. The highest BCUT2D eigenvalue weighted by molar-refractivity contribution is 4.88. The standard InChI is InChI=1S/C10H21NO/c1-9(2)5-6-11(7-8-12)10(3)4/h10,12H,1,5-8H2,2-4H3. The quantitative estimate of drug-likeness (QED) is 0.614. The molecule has 0 aliphatic heterocycles. The first-order chi connectivity index (χ1) is 5.57. The second kappa shape index (κ2) is 6.21. The molecule has 2 heteroatoms. The van der Waals surface area contributed by atoms with Crippen LogP contribution in [0, 0.1) is 0 Å². The minimum absolute atomic E-state index is 0.244. The third-order valence-corrected chi connectivity index (χ3v) is 1.94. The highest BCUT2D eigenvalue weighted by Crippen LogP contribution is 2.03. The lowest BCUT2D eigenvalue weighted by molar-refractivity contribution is 0.167. The molecule has 0 unspecified atom stereocenters. The molecule has 0 aromatic carbocycles. The first-order valence-corrected chi connectivity index (χ1v) is 4.57. The van der Waals surface area contributed by atoms with Gasteiger partial charge in [0.25, 0.3) is 0 Å². The average molecular weight is 171 g/mol. The van der Waals surface area contributed by atoms with Gasteiger partial charge in [-0.2, -0.15) is 0 Å². The smallest absolute Gasteiger partial charge is 0.0558 e. The topological polar surface area (TPSA) is 23.5 Å². The minimum atomic E-state index is 0.244. The van der Waals surface area contributed by atoms with Crippen LogP contribution in [0.25, 0.3) is 0 Å². The fourth-order valence-corrected chi connectivity index (χ4v) is 1.09. The van der Waals surface area contributed by atoms with Gasteiger partial charge in [0.1, 0.15) is 0 Å². The lowest BCUT2D eigenvalue weighted by Crippen LogP contribution is -2.34. The molecule has 0 spiro atoms. The zero-order chi connectivity index (χ0) is 9.56. The largest absolute Gasteiger partial charge is 0.395 e. The third kappa shape index (κ3) is 5.33. The molecule has 0 saturated carbocycles. The average Bonchev–Trinajstić information content (AvgIpc) is 1.96. The van der Waals surface area contributed by atoms with Crippen LogP contribution in [0.5, 0.6) is 0 Å². The Bertz CT molecular complexity index is 132. The van der Waals surface area contributed by atoms with Crippen molar-refractivity contribution >= 4 is 0 Å². The van der Waals surface area contributed by atoms with E-state index >= 15 is 0 Å². The number of hydrogen-bond acceptors (Lipinski definition) is 2. The molecular weight excluding hydrogens is 150 g/mol. The molecule has 12 heavy (non-hydrogen) atoms. The van der Waals surface area contributed by atoms with Gasteiger partial charge in [-0.15, -0.1) is 6.58 Å². The molecule has 0 rings (SSSR count). The maximum absolute atomic E-state index is 8.79. The lowest BCUT2D eigenvalue weighted by Gasteiger charge is -2.25. The summed E-state index contributed by atoms with van der Waals surface area (Å²) in [5.74, 6) is 0. The second-order valence-electron chi connectivity index (χ2n) is 3.56. The van der Waals surface area contributed by atoms with Gasteiger partial charge in [-0.05, 0) is 27.2 Å². The summed E-state index contributed by atoms with van der Waals surface area (Å²) < 4.78 is 0. The molecule has 0 amide bonds. The molecule has 0 fully saturated rings. The van der Waals surface area contributed by atoms with Gasteiger partial charge in [-0.3, -0.25) is 4.90 Å². The molecule has 0 aromatic heterocycles.